The molecule has 0 spiro atoms. The van der Waals surface area contributed by atoms with Gasteiger partial charge in [-0.15, -0.1) is 11.3 Å². The quantitative estimate of drug-likeness (QED) is 0.751. The van der Waals surface area contributed by atoms with E-state index >= 15 is 0 Å². The van der Waals surface area contributed by atoms with Gasteiger partial charge in [0.1, 0.15) is 6.61 Å². The van der Waals surface area contributed by atoms with Crippen molar-refractivity contribution >= 4 is 11.3 Å². The third kappa shape index (κ3) is 5.33. The number of hydrogen-bond donors (Lipinski definition) is 2. The average Bonchev–Trinajstić information content (AvgIpc) is 2.79. The highest BCUT2D eigenvalue weighted by molar-refractivity contribution is 7.12. The van der Waals surface area contributed by atoms with Gasteiger partial charge < -0.3 is 10.2 Å². The normalized spacial score (nSPS) is 10.4. The van der Waals surface area contributed by atoms with Crippen molar-refractivity contribution in [1.82, 2.24) is 4.90 Å². The van der Waals surface area contributed by atoms with Crippen LogP contribution in [0.15, 0.2) is 12.1 Å². The molecule has 0 saturated heterocycles. The Balaban J connectivity index is 2.51. The molecule has 17 heavy (non-hydrogen) atoms. The van der Waals surface area contributed by atoms with E-state index < -0.39 is 0 Å². The summed E-state index contributed by atoms with van der Waals surface area (Å²) < 4.78 is 0. The molecule has 1 rings (SSSR count). The summed E-state index contributed by atoms with van der Waals surface area (Å²) in [5, 5.41) is 17.4. The van der Waals surface area contributed by atoms with Crippen molar-refractivity contribution in [2.24, 2.45) is 0 Å². The first-order chi connectivity index (χ1) is 8.30. The predicted octanol–water partition coefficient (Wildman–Crippen LogP) is 1.30. The third-order valence-corrected chi connectivity index (χ3v) is 3.40. The largest absolute Gasteiger partial charge is 0.396 e. The van der Waals surface area contributed by atoms with Gasteiger partial charge in [0.2, 0.25) is 0 Å². The third-order valence-electron chi connectivity index (χ3n) is 2.41. The van der Waals surface area contributed by atoms with Gasteiger partial charge in [0.15, 0.2) is 0 Å². The van der Waals surface area contributed by atoms with Gasteiger partial charge in [-0.2, -0.15) is 0 Å². The molecule has 1 heterocycles. The topological polar surface area (TPSA) is 43.7 Å². The van der Waals surface area contributed by atoms with E-state index in [1.165, 1.54) is 4.88 Å². The van der Waals surface area contributed by atoms with E-state index in [1.807, 2.05) is 6.07 Å². The lowest BCUT2D eigenvalue weighted by Crippen LogP contribution is -2.24. The molecule has 0 aliphatic carbocycles. The Morgan fingerprint density at radius 2 is 2.18 bits per heavy atom. The van der Waals surface area contributed by atoms with Crippen LogP contribution in [0.2, 0.25) is 0 Å². The number of aliphatic hydroxyl groups excluding tert-OH is 2. The van der Waals surface area contributed by atoms with Crippen LogP contribution in [0.1, 0.15) is 23.1 Å². The minimum absolute atomic E-state index is 0.0924. The maximum atomic E-state index is 8.81. The fourth-order valence-corrected chi connectivity index (χ4v) is 2.45. The van der Waals surface area contributed by atoms with Gasteiger partial charge in [-0.1, -0.05) is 18.8 Å². The highest BCUT2D eigenvalue weighted by Crippen LogP contribution is 2.17. The van der Waals surface area contributed by atoms with Gasteiger partial charge >= 0.3 is 0 Å². The first-order valence-corrected chi connectivity index (χ1v) is 6.63. The lowest BCUT2D eigenvalue weighted by atomic mass is 10.3. The molecular weight excluding hydrogens is 234 g/mol. The number of nitrogens with zero attached hydrogens (tertiary/aromatic N) is 1. The summed E-state index contributed by atoms with van der Waals surface area (Å²) in [7, 11) is 0. The fourth-order valence-electron chi connectivity index (χ4n) is 1.52. The fraction of sp³-hybridized carbons (Fsp3) is 0.538. The van der Waals surface area contributed by atoms with Crippen LogP contribution >= 0.6 is 11.3 Å². The van der Waals surface area contributed by atoms with Crippen LogP contribution in [-0.2, 0) is 6.54 Å². The predicted molar refractivity (Wildman–Crippen MR) is 70.9 cm³/mol. The van der Waals surface area contributed by atoms with Crippen LogP contribution in [0.4, 0.5) is 0 Å². The molecule has 0 radical (unpaired) electrons. The molecule has 1 aromatic rings. The van der Waals surface area contributed by atoms with Crippen molar-refractivity contribution in [1.29, 1.82) is 0 Å². The second-order valence-corrected chi connectivity index (χ2v) is 4.84. The van der Waals surface area contributed by atoms with Crippen LogP contribution in [0.3, 0.4) is 0 Å². The van der Waals surface area contributed by atoms with E-state index in [0.29, 0.717) is 0 Å². The Morgan fingerprint density at radius 1 is 1.35 bits per heavy atom. The molecule has 0 aliphatic heterocycles. The smallest absolute Gasteiger partial charge is 0.104 e. The molecule has 3 nitrogen and oxygen atoms in total. The minimum atomic E-state index is -0.0924. The molecule has 0 saturated carbocycles. The summed E-state index contributed by atoms with van der Waals surface area (Å²) in [6, 6.07) is 4.07. The zero-order valence-corrected chi connectivity index (χ0v) is 11.0. The van der Waals surface area contributed by atoms with Crippen molar-refractivity contribution in [3.8, 4) is 11.8 Å². The molecular formula is C13H19NO2S. The molecule has 94 valence electrons. The summed E-state index contributed by atoms with van der Waals surface area (Å²) in [6.07, 6.45) is 0.816. The van der Waals surface area contributed by atoms with Gasteiger partial charge in [-0.25, -0.2) is 0 Å². The van der Waals surface area contributed by atoms with E-state index in [2.05, 4.69) is 29.7 Å². The Labute approximate surface area is 107 Å². The molecule has 4 heteroatoms. The maximum Gasteiger partial charge on any atom is 0.104 e. The average molecular weight is 253 g/mol. The summed E-state index contributed by atoms with van der Waals surface area (Å²) in [6.45, 7) is 5.08. The molecule has 0 fully saturated rings. The monoisotopic (exact) mass is 253 g/mol. The first-order valence-electron chi connectivity index (χ1n) is 5.81. The highest BCUT2D eigenvalue weighted by Gasteiger charge is 2.05. The second-order valence-electron chi connectivity index (χ2n) is 3.67. The lowest BCUT2D eigenvalue weighted by molar-refractivity contribution is 0.226. The number of hydrogen-bond acceptors (Lipinski definition) is 4. The Hall–Kier alpha value is -0.860. The second kappa shape index (κ2) is 8.26. The first kappa shape index (κ1) is 14.2. The van der Waals surface area contributed by atoms with Crippen molar-refractivity contribution in [3.63, 3.8) is 0 Å². The van der Waals surface area contributed by atoms with Crippen molar-refractivity contribution in [3.05, 3.63) is 21.9 Å². The van der Waals surface area contributed by atoms with Gasteiger partial charge in [0.05, 0.1) is 4.88 Å². The summed E-state index contributed by atoms with van der Waals surface area (Å²) in [5.74, 6) is 5.56. The minimum Gasteiger partial charge on any atom is -0.396 e. The molecule has 0 aromatic carbocycles. The molecule has 2 N–H and O–H groups in total. The molecule has 0 aliphatic rings. The molecule has 0 amide bonds. The van der Waals surface area contributed by atoms with Gasteiger partial charge in [0, 0.05) is 24.6 Å². The zero-order chi connectivity index (χ0) is 12.5. The lowest BCUT2D eigenvalue weighted by Gasteiger charge is -2.18. The van der Waals surface area contributed by atoms with Gasteiger partial charge in [-0.05, 0) is 25.1 Å². The molecule has 0 unspecified atom stereocenters. The van der Waals surface area contributed by atoms with Crippen LogP contribution < -0.4 is 0 Å². The van der Waals surface area contributed by atoms with E-state index in [0.717, 1.165) is 30.9 Å². The van der Waals surface area contributed by atoms with Crippen molar-refractivity contribution in [2.75, 3.05) is 26.3 Å². The van der Waals surface area contributed by atoms with Gasteiger partial charge in [-0.3, -0.25) is 4.90 Å². The standard InChI is InChI=1S/C13H19NO2S/c1-2-14(8-4-10-16)11-13-7-6-12(17-13)5-3-9-15/h6-7,15-16H,2,4,8-11H2,1H3. The van der Waals surface area contributed by atoms with Crippen LogP contribution in [0.5, 0.6) is 0 Å². The summed E-state index contributed by atoms with van der Waals surface area (Å²) in [5.41, 5.74) is 0. The highest BCUT2D eigenvalue weighted by atomic mass is 32.1. The molecule has 0 bridgehead atoms. The number of thiophene rings is 1. The van der Waals surface area contributed by atoms with E-state index in [1.54, 1.807) is 11.3 Å². The van der Waals surface area contributed by atoms with Crippen LogP contribution in [0.25, 0.3) is 0 Å². The maximum absolute atomic E-state index is 8.81. The van der Waals surface area contributed by atoms with Gasteiger partial charge in [0.25, 0.3) is 0 Å². The van der Waals surface area contributed by atoms with Crippen LogP contribution in [0, 0.1) is 11.8 Å². The number of rotatable bonds is 6. The molecule has 0 atom stereocenters. The molecule has 1 aromatic heterocycles. The van der Waals surface area contributed by atoms with E-state index in [4.69, 9.17) is 10.2 Å². The Morgan fingerprint density at radius 3 is 2.82 bits per heavy atom. The summed E-state index contributed by atoms with van der Waals surface area (Å²) in [4.78, 5) is 4.56. The Kier molecular flexibility index (Phi) is 6.90. The van der Waals surface area contributed by atoms with Crippen LogP contribution in [-0.4, -0.2) is 41.4 Å². The van der Waals surface area contributed by atoms with Crippen molar-refractivity contribution in [2.45, 2.75) is 19.9 Å². The van der Waals surface area contributed by atoms with Crippen molar-refractivity contribution < 1.29 is 10.2 Å². The number of aliphatic hydroxyl groups is 2. The SMILES string of the molecule is CCN(CCCO)Cc1ccc(C#CCO)s1. The van der Waals surface area contributed by atoms with E-state index in [9.17, 15) is 0 Å². The Bertz CT molecular complexity index is 378. The zero-order valence-electron chi connectivity index (χ0n) is 10.1. The summed E-state index contributed by atoms with van der Waals surface area (Å²) >= 11 is 1.66. The van der Waals surface area contributed by atoms with E-state index in [-0.39, 0.29) is 13.2 Å².